The lowest BCUT2D eigenvalue weighted by molar-refractivity contribution is -0.122. The number of aliphatic imine (C=N–C) groups is 1. The zero-order valence-corrected chi connectivity index (χ0v) is 21.9. The molecule has 0 unspecified atom stereocenters. The number of amidine groups is 1. The van der Waals surface area contributed by atoms with Crippen molar-refractivity contribution >= 4 is 52.1 Å². The molecular weight excluding hydrogens is 491 g/mol. The van der Waals surface area contributed by atoms with Crippen LogP contribution in [0.2, 0.25) is 10.0 Å². The summed E-state index contributed by atoms with van der Waals surface area (Å²) in [5.74, 6) is 1.19. The van der Waals surface area contributed by atoms with Gasteiger partial charge in [-0.3, -0.25) is 14.7 Å². The molecule has 1 aliphatic heterocycles. The first-order chi connectivity index (χ1) is 16.4. The van der Waals surface area contributed by atoms with Crippen LogP contribution >= 0.6 is 35.0 Å². The molecule has 0 bridgehead atoms. The molecule has 0 aromatic heterocycles. The Hall–Kier alpha value is -2.41. The molecule has 0 saturated carbocycles. The lowest BCUT2D eigenvalue weighted by atomic mass is 10.0. The zero-order chi connectivity index (χ0) is 24.7. The van der Waals surface area contributed by atoms with Crippen molar-refractivity contribution in [3.05, 3.63) is 74.6 Å². The summed E-state index contributed by atoms with van der Waals surface area (Å²) in [6, 6.07) is 9.20. The summed E-state index contributed by atoms with van der Waals surface area (Å²) < 4.78 is 12.1. The standard InChI is InChI=1S/C26H28Cl2N2O3S/c1-5-9-18-12-17(14-23-25(31)30(7-3)26(34-23)29-6-2)13-22(32-8-4)24(18)33-16-19-10-11-20(27)15-21(19)28/h5,10-15H,1,6-9,16H2,2-4H3/b23-14+,29-26?. The molecule has 1 heterocycles. The number of hydrogen-bond acceptors (Lipinski definition) is 5. The van der Waals surface area contributed by atoms with Gasteiger partial charge in [0.1, 0.15) is 6.61 Å². The molecule has 8 heteroatoms. The van der Waals surface area contributed by atoms with Crippen LogP contribution in [0.4, 0.5) is 0 Å². The van der Waals surface area contributed by atoms with Crippen LogP contribution in [0.5, 0.6) is 11.5 Å². The Morgan fingerprint density at radius 3 is 2.56 bits per heavy atom. The molecule has 1 fully saturated rings. The SMILES string of the molecule is C=CCc1cc(/C=C2/SC(=NCC)N(CC)C2=O)cc(OCC)c1OCc1ccc(Cl)cc1Cl. The molecule has 5 nitrogen and oxygen atoms in total. The van der Waals surface area contributed by atoms with Crippen LogP contribution in [-0.4, -0.2) is 35.7 Å². The summed E-state index contributed by atoms with van der Waals surface area (Å²) in [4.78, 5) is 19.7. The van der Waals surface area contributed by atoms with Crippen molar-refractivity contribution in [1.29, 1.82) is 0 Å². The highest BCUT2D eigenvalue weighted by Gasteiger charge is 2.32. The molecule has 3 rings (SSSR count). The van der Waals surface area contributed by atoms with Gasteiger partial charge in [0.05, 0.1) is 11.5 Å². The number of ether oxygens (including phenoxy) is 2. The molecule has 0 spiro atoms. The van der Waals surface area contributed by atoms with E-state index < -0.39 is 0 Å². The lowest BCUT2D eigenvalue weighted by Gasteiger charge is -2.17. The van der Waals surface area contributed by atoms with E-state index in [2.05, 4.69) is 11.6 Å². The Balaban J connectivity index is 1.97. The number of likely N-dealkylation sites (N-methyl/N-ethyl adjacent to an activating group) is 1. The quantitative estimate of drug-likeness (QED) is 0.250. The van der Waals surface area contributed by atoms with E-state index in [4.69, 9.17) is 32.7 Å². The van der Waals surface area contributed by atoms with Gasteiger partial charge in [-0.2, -0.15) is 0 Å². The van der Waals surface area contributed by atoms with Gasteiger partial charge >= 0.3 is 0 Å². The summed E-state index contributed by atoms with van der Waals surface area (Å²) in [6.07, 6.45) is 4.26. The van der Waals surface area contributed by atoms with E-state index in [9.17, 15) is 4.79 Å². The maximum absolute atomic E-state index is 12.9. The van der Waals surface area contributed by atoms with E-state index in [-0.39, 0.29) is 12.5 Å². The molecule has 0 N–H and O–H groups in total. The van der Waals surface area contributed by atoms with E-state index in [1.807, 2.05) is 51.1 Å². The maximum atomic E-state index is 12.9. The first kappa shape index (κ1) is 26.2. The fourth-order valence-electron chi connectivity index (χ4n) is 3.48. The maximum Gasteiger partial charge on any atom is 0.266 e. The molecule has 34 heavy (non-hydrogen) atoms. The van der Waals surface area contributed by atoms with Gasteiger partial charge < -0.3 is 9.47 Å². The highest BCUT2D eigenvalue weighted by molar-refractivity contribution is 8.18. The second-order valence-electron chi connectivity index (χ2n) is 7.37. The normalized spacial score (nSPS) is 15.9. The first-order valence-corrected chi connectivity index (χ1v) is 12.7. The Bertz CT molecular complexity index is 1130. The average Bonchev–Trinajstić information content (AvgIpc) is 3.09. The van der Waals surface area contributed by atoms with E-state index in [0.29, 0.717) is 52.6 Å². The number of nitrogens with zero attached hydrogens (tertiary/aromatic N) is 2. The second-order valence-corrected chi connectivity index (χ2v) is 9.23. The van der Waals surface area contributed by atoms with Crippen molar-refractivity contribution < 1.29 is 14.3 Å². The fraction of sp³-hybridized carbons (Fsp3) is 0.308. The highest BCUT2D eigenvalue weighted by Crippen LogP contribution is 2.38. The average molecular weight is 519 g/mol. The van der Waals surface area contributed by atoms with Crippen LogP contribution < -0.4 is 9.47 Å². The number of halogens is 2. The van der Waals surface area contributed by atoms with Crippen LogP contribution in [-0.2, 0) is 17.8 Å². The Kier molecular flexibility index (Phi) is 9.51. The van der Waals surface area contributed by atoms with Gasteiger partial charge in [0.15, 0.2) is 16.7 Å². The lowest BCUT2D eigenvalue weighted by Crippen LogP contribution is -2.28. The molecule has 0 aliphatic carbocycles. The van der Waals surface area contributed by atoms with Gasteiger partial charge in [-0.25, -0.2) is 0 Å². The van der Waals surface area contributed by atoms with Crippen LogP contribution in [0.3, 0.4) is 0 Å². The molecule has 0 radical (unpaired) electrons. The summed E-state index contributed by atoms with van der Waals surface area (Å²) in [5, 5.41) is 1.85. The molecule has 1 aliphatic rings. The van der Waals surface area contributed by atoms with Crippen LogP contribution in [0.1, 0.15) is 37.5 Å². The van der Waals surface area contributed by atoms with E-state index >= 15 is 0 Å². The predicted molar refractivity (Wildman–Crippen MR) is 143 cm³/mol. The van der Waals surface area contributed by atoms with Crippen molar-refractivity contribution in [3.8, 4) is 11.5 Å². The van der Waals surface area contributed by atoms with Crippen molar-refractivity contribution in [1.82, 2.24) is 4.90 Å². The summed E-state index contributed by atoms with van der Waals surface area (Å²) >= 11 is 13.7. The third-order valence-electron chi connectivity index (χ3n) is 5.00. The number of hydrogen-bond donors (Lipinski definition) is 0. The predicted octanol–water partition coefficient (Wildman–Crippen LogP) is 7.01. The number of thioether (sulfide) groups is 1. The monoisotopic (exact) mass is 518 g/mol. The Labute approximate surface area is 215 Å². The molecule has 1 saturated heterocycles. The highest BCUT2D eigenvalue weighted by atomic mass is 35.5. The van der Waals surface area contributed by atoms with Crippen molar-refractivity contribution in [2.45, 2.75) is 33.8 Å². The minimum Gasteiger partial charge on any atom is -0.490 e. The summed E-state index contributed by atoms with van der Waals surface area (Å²) in [6.45, 7) is 11.6. The molecule has 0 atom stereocenters. The second kappa shape index (κ2) is 12.3. The number of carbonyl (C=O) groups is 1. The van der Waals surface area contributed by atoms with Crippen LogP contribution in [0.15, 0.2) is 52.9 Å². The van der Waals surface area contributed by atoms with Gasteiger partial charge in [-0.05, 0) is 74.9 Å². The van der Waals surface area contributed by atoms with Crippen molar-refractivity contribution in [2.75, 3.05) is 19.7 Å². The number of rotatable bonds is 10. The first-order valence-electron chi connectivity index (χ1n) is 11.1. The summed E-state index contributed by atoms with van der Waals surface area (Å²) in [5.41, 5.74) is 2.57. The minimum absolute atomic E-state index is 0.0411. The number of carbonyl (C=O) groups excluding carboxylic acids is 1. The molecular formula is C26H28Cl2N2O3S. The van der Waals surface area contributed by atoms with Gasteiger partial charge in [0.2, 0.25) is 0 Å². The number of amides is 1. The minimum atomic E-state index is -0.0411. The molecule has 180 valence electrons. The van der Waals surface area contributed by atoms with E-state index in [1.165, 1.54) is 11.8 Å². The zero-order valence-electron chi connectivity index (χ0n) is 19.6. The van der Waals surface area contributed by atoms with Crippen LogP contribution in [0.25, 0.3) is 6.08 Å². The number of allylic oxidation sites excluding steroid dienone is 1. The Morgan fingerprint density at radius 2 is 1.91 bits per heavy atom. The smallest absolute Gasteiger partial charge is 0.266 e. The van der Waals surface area contributed by atoms with Gasteiger partial charge in [-0.1, -0.05) is 35.3 Å². The molecule has 2 aromatic rings. The van der Waals surface area contributed by atoms with Crippen molar-refractivity contribution in [3.63, 3.8) is 0 Å². The van der Waals surface area contributed by atoms with E-state index in [1.54, 1.807) is 17.0 Å². The fourth-order valence-corrected chi connectivity index (χ4v) is 5.05. The third-order valence-corrected chi connectivity index (χ3v) is 6.63. The van der Waals surface area contributed by atoms with Crippen molar-refractivity contribution in [2.24, 2.45) is 4.99 Å². The Morgan fingerprint density at radius 1 is 1.12 bits per heavy atom. The van der Waals surface area contributed by atoms with Gasteiger partial charge in [-0.15, -0.1) is 6.58 Å². The number of benzene rings is 2. The molecule has 1 amide bonds. The third kappa shape index (κ3) is 6.17. The molecule has 2 aromatic carbocycles. The largest absolute Gasteiger partial charge is 0.490 e. The van der Waals surface area contributed by atoms with Crippen LogP contribution in [0, 0.1) is 0 Å². The van der Waals surface area contributed by atoms with E-state index in [0.717, 1.165) is 21.9 Å². The van der Waals surface area contributed by atoms with Gasteiger partial charge in [0.25, 0.3) is 5.91 Å². The van der Waals surface area contributed by atoms with Gasteiger partial charge in [0, 0.05) is 34.3 Å². The topological polar surface area (TPSA) is 51.1 Å². The summed E-state index contributed by atoms with van der Waals surface area (Å²) in [7, 11) is 0.